The summed E-state index contributed by atoms with van der Waals surface area (Å²) in [5, 5.41) is 3.35. The van der Waals surface area contributed by atoms with Gasteiger partial charge in [-0.1, -0.05) is 12.1 Å². The zero-order valence-corrected chi connectivity index (χ0v) is 11.1. The summed E-state index contributed by atoms with van der Waals surface area (Å²) >= 11 is 0. The predicted octanol–water partition coefficient (Wildman–Crippen LogP) is 4.70. The standard InChI is InChI=1S/C16H10F3NO2/c17-16(18,19)11-7-5-10(6-8-11)15(21)20-13-9-22-14-4-2-1-3-12(13)14/h1-9H,(H,20,21). The molecule has 0 atom stereocenters. The Bertz CT molecular complexity index is 819. The predicted molar refractivity (Wildman–Crippen MR) is 75.6 cm³/mol. The molecule has 0 spiro atoms. The number of nitrogens with one attached hydrogen (secondary N) is 1. The number of alkyl halides is 3. The van der Waals surface area contributed by atoms with Gasteiger partial charge in [0.25, 0.3) is 5.91 Å². The quantitative estimate of drug-likeness (QED) is 0.745. The number of anilines is 1. The smallest absolute Gasteiger partial charge is 0.416 e. The lowest BCUT2D eigenvalue weighted by Crippen LogP contribution is -2.12. The van der Waals surface area contributed by atoms with Crippen LogP contribution < -0.4 is 5.32 Å². The highest BCUT2D eigenvalue weighted by molar-refractivity contribution is 6.08. The summed E-state index contributed by atoms with van der Waals surface area (Å²) in [5.41, 5.74) is 0.432. The fraction of sp³-hybridized carbons (Fsp3) is 0.0625. The zero-order chi connectivity index (χ0) is 15.7. The summed E-state index contributed by atoms with van der Waals surface area (Å²) < 4.78 is 42.7. The van der Waals surface area contributed by atoms with Gasteiger partial charge in [0.2, 0.25) is 0 Å². The van der Waals surface area contributed by atoms with Crippen molar-refractivity contribution < 1.29 is 22.4 Å². The number of amides is 1. The molecule has 1 N–H and O–H groups in total. The molecule has 0 aliphatic carbocycles. The number of halogens is 3. The number of benzene rings is 2. The molecule has 3 nitrogen and oxygen atoms in total. The zero-order valence-electron chi connectivity index (χ0n) is 11.1. The first kappa shape index (κ1) is 14.2. The van der Waals surface area contributed by atoms with Gasteiger partial charge in [-0.05, 0) is 36.4 Å². The molecule has 0 radical (unpaired) electrons. The monoisotopic (exact) mass is 305 g/mol. The van der Waals surface area contributed by atoms with Crippen LogP contribution in [0.25, 0.3) is 11.0 Å². The summed E-state index contributed by atoms with van der Waals surface area (Å²) in [6.07, 6.45) is -3.03. The SMILES string of the molecule is O=C(Nc1coc2ccccc12)c1ccc(C(F)(F)F)cc1. The fourth-order valence-electron chi connectivity index (χ4n) is 2.08. The minimum absolute atomic E-state index is 0.137. The van der Waals surface area contributed by atoms with Crippen molar-refractivity contribution in [3.05, 3.63) is 65.9 Å². The van der Waals surface area contributed by atoms with Crippen molar-refractivity contribution in [3.63, 3.8) is 0 Å². The highest BCUT2D eigenvalue weighted by Gasteiger charge is 2.30. The van der Waals surface area contributed by atoms with Gasteiger partial charge in [-0.3, -0.25) is 4.79 Å². The summed E-state index contributed by atoms with van der Waals surface area (Å²) in [5.74, 6) is -0.500. The van der Waals surface area contributed by atoms with Crippen LogP contribution in [0.5, 0.6) is 0 Å². The molecule has 0 bridgehead atoms. The van der Waals surface area contributed by atoms with E-state index in [2.05, 4.69) is 5.32 Å². The first-order valence-corrected chi connectivity index (χ1v) is 6.40. The Morgan fingerprint density at radius 3 is 2.36 bits per heavy atom. The van der Waals surface area contributed by atoms with Crippen LogP contribution in [0, 0.1) is 0 Å². The van der Waals surface area contributed by atoms with Crippen molar-refractivity contribution in [2.24, 2.45) is 0 Å². The van der Waals surface area contributed by atoms with Gasteiger partial charge in [-0.2, -0.15) is 13.2 Å². The van der Waals surface area contributed by atoms with Gasteiger partial charge in [0, 0.05) is 10.9 Å². The number of fused-ring (bicyclic) bond motifs is 1. The Labute approximate surface area is 123 Å². The second-order valence-corrected chi connectivity index (χ2v) is 4.67. The van der Waals surface area contributed by atoms with Gasteiger partial charge in [0.05, 0.1) is 11.3 Å². The van der Waals surface area contributed by atoms with E-state index >= 15 is 0 Å². The van der Waals surface area contributed by atoms with Crippen LogP contribution in [-0.4, -0.2) is 5.91 Å². The van der Waals surface area contributed by atoms with Crippen LogP contribution in [0.15, 0.2) is 59.2 Å². The van der Waals surface area contributed by atoms with Gasteiger partial charge in [0.1, 0.15) is 11.8 Å². The van der Waals surface area contributed by atoms with Crippen molar-refractivity contribution in [2.75, 3.05) is 5.32 Å². The second-order valence-electron chi connectivity index (χ2n) is 4.67. The van der Waals surface area contributed by atoms with E-state index in [1.54, 1.807) is 24.3 Å². The van der Waals surface area contributed by atoms with Crippen LogP contribution in [0.2, 0.25) is 0 Å². The normalized spacial score (nSPS) is 11.6. The van der Waals surface area contributed by atoms with Crippen LogP contribution in [0.3, 0.4) is 0 Å². The van der Waals surface area contributed by atoms with E-state index in [1.807, 2.05) is 0 Å². The van der Waals surface area contributed by atoms with Crippen LogP contribution in [0.4, 0.5) is 18.9 Å². The largest absolute Gasteiger partial charge is 0.462 e. The highest BCUT2D eigenvalue weighted by atomic mass is 19.4. The van der Waals surface area contributed by atoms with E-state index in [4.69, 9.17) is 4.42 Å². The minimum atomic E-state index is -4.42. The van der Waals surface area contributed by atoms with E-state index in [1.165, 1.54) is 6.26 Å². The molecule has 0 aliphatic rings. The minimum Gasteiger partial charge on any atom is -0.462 e. The van der Waals surface area contributed by atoms with Gasteiger partial charge >= 0.3 is 6.18 Å². The van der Waals surface area contributed by atoms with Crippen molar-refractivity contribution in [1.82, 2.24) is 0 Å². The van der Waals surface area contributed by atoms with Crippen molar-refractivity contribution >= 4 is 22.6 Å². The number of carbonyl (C=O) groups is 1. The third-order valence-corrected chi connectivity index (χ3v) is 3.20. The van der Waals surface area contributed by atoms with Gasteiger partial charge in [0.15, 0.2) is 0 Å². The number of carbonyl (C=O) groups excluding carboxylic acids is 1. The number of hydrogen-bond donors (Lipinski definition) is 1. The molecule has 1 aromatic heterocycles. The van der Waals surface area contributed by atoms with Crippen LogP contribution >= 0.6 is 0 Å². The molecule has 112 valence electrons. The van der Waals surface area contributed by atoms with E-state index in [0.29, 0.717) is 11.3 Å². The third-order valence-electron chi connectivity index (χ3n) is 3.20. The molecule has 0 aliphatic heterocycles. The average Bonchev–Trinajstić information content (AvgIpc) is 2.90. The third kappa shape index (κ3) is 2.67. The molecule has 22 heavy (non-hydrogen) atoms. The molecule has 0 saturated carbocycles. The molecule has 6 heteroatoms. The maximum Gasteiger partial charge on any atom is 0.416 e. The van der Waals surface area contributed by atoms with Crippen molar-refractivity contribution in [2.45, 2.75) is 6.18 Å². The maximum atomic E-state index is 12.5. The number of rotatable bonds is 2. The summed E-state index contributed by atoms with van der Waals surface area (Å²) in [4.78, 5) is 12.1. The molecule has 3 rings (SSSR count). The molecule has 2 aromatic carbocycles. The Morgan fingerprint density at radius 2 is 1.68 bits per heavy atom. The first-order chi connectivity index (χ1) is 10.4. The Balaban J connectivity index is 1.83. The molecule has 0 fully saturated rings. The van der Waals surface area contributed by atoms with Crippen LogP contribution in [0.1, 0.15) is 15.9 Å². The number of furan rings is 1. The van der Waals surface area contributed by atoms with Crippen molar-refractivity contribution in [3.8, 4) is 0 Å². The average molecular weight is 305 g/mol. The molecular weight excluding hydrogens is 295 g/mol. The van der Waals surface area contributed by atoms with Gasteiger partial charge in [-0.25, -0.2) is 0 Å². The Morgan fingerprint density at radius 1 is 1.00 bits per heavy atom. The maximum absolute atomic E-state index is 12.5. The number of para-hydroxylation sites is 1. The topological polar surface area (TPSA) is 42.2 Å². The van der Waals surface area contributed by atoms with Gasteiger partial charge < -0.3 is 9.73 Å². The molecule has 0 unspecified atom stereocenters. The van der Waals surface area contributed by atoms with E-state index in [9.17, 15) is 18.0 Å². The number of hydrogen-bond acceptors (Lipinski definition) is 2. The highest BCUT2D eigenvalue weighted by Crippen LogP contribution is 2.29. The molecule has 1 amide bonds. The molecule has 1 heterocycles. The van der Waals surface area contributed by atoms with Crippen molar-refractivity contribution in [1.29, 1.82) is 0 Å². The molecular formula is C16H10F3NO2. The Hall–Kier alpha value is -2.76. The van der Waals surface area contributed by atoms with Gasteiger partial charge in [-0.15, -0.1) is 0 Å². The Kier molecular flexibility index (Phi) is 3.36. The summed E-state index contributed by atoms with van der Waals surface area (Å²) in [6.45, 7) is 0. The molecule has 3 aromatic rings. The van der Waals surface area contributed by atoms with E-state index in [-0.39, 0.29) is 5.56 Å². The van der Waals surface area contributed by atoms with Crippen LogP contribution in [-0.2, 0) is 6.18 Å². The lowest BCUT2D eigenvalue weighted by Gasteiger charge is -2.07. The second kappa shape index (κ2) is 5.22. The summed E-state index contributed by atoms with van der Waals surface area (Å²) in [7, 11) is 0. The fourth-order valence-corrected chi connectivity index (χ4v) is 2.08. The lowest BCUT2D eigenvalue weighted by atomic mass is 10.1. The van der Waals surface area contributed by atoms with E-state index < -0.39 is 17.6 Å². The van der Waals surface area contributed by atoms with E-state index in [0.717, 1.165) is 29.7 Å². The lowest BCUT2D eigenvalue weighted by molar-refractivity contribution is -0.137. The first-order valence-electron chi connectivity index (χ1n) is 6.40. The molecule has 0 saturated heterocycles. The summed E-state index contributed by atoms with van der Waals surface area (Å²) in [6, 6.07) is 11.2.